The second-order valence-electron chi connectivity index (χ2n) is 10.9. The predicted octanol–water partition coefficient (Wildman–Crippen LogP) is 6.83. The number of hydrogen-bond acceptors (Lipinski definition) is 7. The molecule has 2 bridgehead atoms. The third kappa shape index (κ3) is 5.29. The van der Waals surface area contributed by atoms with Gasteiger partial charge in [-0.15, -0.1) is 0 Å². The number of rotatable bonds is 8. The van der Waals surface area contributed by atoms with Crippen LogP contribution in [0.3, 0.4) is 0 Å². The third-order valence-electron chi connectivity index (χ3n) is 9.18. The molecule has 1 unspecified atom stereocenters. The van der Waals surface area contributed by atoms with Crippen LogP contribution in [0.15, 0.2) is 24.8 Å². The third-order valence-corrected chi connectivity index (χ3v) is 9.18. The van der Waals surface area contributed by atoms with Crippen molar-refractivity contribution in [1.82, 2.24) is 9.80 Å². The van der Waals surface area contributed by atoms with E-state index < -0.39 is 0 Å². The number of likely N-dealkylation sites (N-methyl/N-ethyl adjacent to an activating group) is 1. The minimum absolute atomic E-state index is 0.235. The lowest BCUT2D eigenvalue weighted by atomic mass is 9.72. The van der Waals surface area contributed by atoms with Gasteiger partial charge in [-0.1, -0.05) is 53.3 Å². The fraction of sp³-hybridized carbons (Fsp3) is 0.600. The highest BCUT2D eigenvalue weighted by atomic mass is 16.7. The maximum Gasteiger partial charge on any atom is 0.231 e. The van der Waals surface area contributed by atoms with Crippen LogP contribution < -0.4 is 18.9 Å². The van der Waals surface area contributed by atoms with Crippen molar-refractivity contribution in [3.63, 3.8) is 0 Å². The predicted molar refractivity (Wildman–Crippen MR) is 169 cm³/mol. The van der Waals surface area contributed by atoms with Gasteiger partial charge in [-0.05, 0) is 56.8 Å². The Balaban J connectivity index is 0.000000972. The quantitative estimate of drug-likeness (QED) is 0.317. The Morgan fingerprint density at radius 1 is 1.05 bits per heavy atom. The van der Waals surface area contributed by atoms with Crippen molar-refractivity contribution in [2.24, 2.45) is 0 Å². The van der Waals surface area contributed by atoms with E-state index in [1.807, 2.05) is 33.8 Å². The molecular weight excluding hydrogens is 528 g/mol. The molecule has 0 spiro atoms. The zero-order valence-electron chi connectivity index (χ0n) is 27.3. The van der Waals surface area contributed by atoms with E-state index in [1.165, 1.54) is 27.8 Å². The molecule has 4 aliphatic heterocycles. The van der Waals surface area contributed by atoms with Gasteiger partial charge in [-0.2, -0.15) is 0 Å². The highest BCUT2D eigenvalue weighted by Crippen LogP contribution is 2.57. The number of ether oxygens (including phenoxy) is 5. The van der Waals surface area contributed by atoms with E-state index in [-0.39, 0.29) is 18.9 Å². The van der Waals surface area contributed by atoms with Gasteiger partial charge in [-0.3, -0.25) is 9.80 Å². The molecule has 0 N–H and O–H groups in total. The van der Waals surface area contributed by atoms with Gasteiger partial charge in [0.2, 0.25) is 6.79 Å². The molecule has 0 radical (unpaired) electrons. The molecular formula is C35H52N2O5. The van der Waals surface area contributed by atoms with Crippen molar-refractivity contribution in [2.45, 2.75) is 91.4 Å². The van der Waals surface area contributed by atoms with Gasteiger partial charge in [0.25, 0.3) is 0 Å². The number of benzene rings is 2. The fourth-order valence-corrected chi connectivity index (χ4v) is 7.58. The summed E-state index contributed by atoms with van der Waals surface area (Å²) in [7, 11) is 5.86. The first-order valence-corrected chi connectivity index (χ1v) is 15.9. The van der Waals surface area contributed by atoms with Crippen molar-refractivity contribution < 1.29 is 23.7 Å². The molecule has 4 atom stereocenters. The van der Waals surface area contributed by atoms with E-state index in [2.05, 4.69) is 49.4 Å². The molecule has 1 fully saturated rings. The fourth-order valence-electron chi connectivity index (χ4n) is 7.58. The maximum absolute atomic E-state index is 6.37. The lowest BCUT2D eigenvalue weighted by Crippen LogP contribution is -2.63. The molecule has 0 saturated carbocycles. The smallest absolute Gasteiger partial charge is 0.231 e. The highest BCUT2D eigenvalue weighted by Gasteiger charge is 2.51. The Kier molecular flexibility index (Phi) is 10.8. The first kappa shape index (κ1) is 32.2. The Hall–Kier alpha value is -2.74. The molecule has 0 amide bonds. The number of nitrogens with zero attached hydrogens (tertiary/aromatic N) is 2. The summed E-state index contributed by atoms with van der Waals surface area (Å²) in [5.74, 6) is 3.65. The van der Waals surface area contributed by atoms with Crippen LogP contribution in [0, 0.1) is 6.92 Å². The first-order chi connectivity index (χ1) is 20.5. The lowest BCUT2D eigenvalue weighted by Gasteiger charge is -2.58. The van der Waals surface area contributed by atoms with Crippen molar-refractivity contribution in [3.05, 3.63) is 58.2 Å². The summed E-state index contributed by atoms with van der Waals surface area (Å²) in [6.07, 6.45) is 5.57. The summed E-state index contributed by atoms with van der Waals surface area (Å²) < 4.78 is 29.9. The Labute approximate surface area is 253 Å². The van der Waals surface area contributed by atoms with Gasteiger partial charge >= 0.3 is 0 Å². The molecule has 2 aromatic carbocycles. The minimum Gasteiger partial charge on any atom is -0.496 e. The second-order valence-corrected chi connectivity index (χ2v) is 10.9. The number of fused-ring (bicyclic) bond motifs is 9. The van der Waals surface area contributed by atoms with E-state index in [0.717, 1.165) is 60.8 Å². The molecule has 4 aliphatic rings. The van der Waals surface area contributed by atoms with Crippen LogP contribution >= 0.6 is 0 Å². The minimum atomic E-state index is 0.235. The van der Waals surface area contributed by atoms with Crippen LogP contribution in [0.25, 0.3) is 0 Å². The summed E-state index contributed by atoms with van der Waals surface area (Å²) in [4.78, 5) is 5.38. The lowest BCUT2D eigenvalue weighted by molar-refractivity contribution is -0.0489. The van der Waals surface area contributed by atoms with Crippen molar-refractivity contribution in [2.75, 3.05) is 47.8 Å². The summed E-state index contributed by atoms with van der Waals surface area (Å²) in [5, 5.41) is 0. The average molecular weight is 581 g/mol. The SMILES string of the molecule is C=CCOc1c(C)c2c(c3c1CC1[C@H]4c5c(ccc(OC)c5CCOC)C[C@@H](CN1[C@H]3CC)N4C)OCO2.CC.CC. The molecule has 2 aromatic rings. The van der Waals surface area contributed by atoms with E-state index >= 15 is 0 Å². The van der Waals surface area contributed by atoms with Crippen LogP contribution in [0.2, 0.25) is 0 Å². The summed E-state index contributed by atoms with van der Waals surface area (Å²) >= 11 is 0. The van der Waals surface area contributed by atoms with Gasteiger partial charge in [0.15, 0.2) is 11.5 Å². The van der Waals surface area contributed by atoms with E-state index in [1.54, 1.807) is 14.2 Å². The van der Waals surface area contributed by atoms with Crippen LogP contribution in [0.1, 0.15) is 86.5 Å². The molecule has 4 heterocycles. The Morgan fingerprint density at radius 3 is 2.45 bits per heavy atom. The second kappa shape index (κ2) is 14.2. The molecule has 1 saturated heterocycles. The van der Waals surface area contributed by atoms with Gasteiger partial charge < -0.3 is 23.7 Å². The summed E-state index contributed by atoms with van der Waals surface area (Å²) in [5.41, 5.74) is 7.71. The van der Waals surface area contributed by atoms with Crippen LogP contribution in [-0.4, -0.2) is 69.7 Å². The number of methoxy groups -OCH3 is 2. The van der Waals surface area contributed by atoms with E-state index in [0.29, 0.717) is 25.3 Å². The van der Waals surface area contributed by atoms with Crippen molar-refractivity contribution >= 4 is 0 Å². The molecule has 42 heavy (non-hydrogen) atoms. The zero-order chi connectivity index (χ0) is 30.6. The first-order valence-electron chi connectivity index (χ1n) is 15.9. The van der Waals surface area contributed by atoms with E-state index in [9.17, 15) is 0 Å². The van der Waals surface area contributed by atoms with Gasteiger partial charge in [-0.25, -0.2) is 0 Å². The molecule has 0 aromatic heterocycles. The highest BCUT2D eigenvalue weighted by molar-refractivity contribution is 5.66. The van der Waals surface area contributed by atoms with E-state index in [4.69, 9.17) is 23.7 Å². The maximum atomic E-state index is 6.37. The monoisotopic (exact) mass is 580 g/mol. The zero-order valence-corrected chi connectivity index (χ0v) is 27.3. The van der Waals surface area contributed by atoms with Crippen LogP contribution in [0.4, 0.5) is 0 Å². The largest absolute Gasteiger partial charge is 0.496 e. The Morgan fingerprint density at radius 2 is 1.79 bits per heavy atom. The van der Waals surface area contributed by atoms with Gasteiger partial charge in [0.1, 0.15) is 18.1 Å². The van der Waals surface area contributed by atoms with Crippen molar-refractivity contribution in [1.29, 1.82) is 0 Å². The topological polar surface area (TPSA) is 52.6 Å². The average Bonchev–Trinajstić information content (AvgIpc) is 3.52. The molecule has 232 valence electrons. The van der Waals surface area contributed by atoms with Crippen LogP contribution in [-0.2, 0) is 24.0 Å². The van der Waals surface area contributed by atoms with Gasteiger partial charge in [0, 0.05) is 54.0 Å². The summed E-state index contributed by atoms with van der Waals surface area (Å²) in [6.45, 7) is 18.7. The van der Waals surface area contributed by atoms with Crippen molar-refractivity contribution in [3.8, 4) is 23.0 Å². The van der Waals surface area contributed by atoms with Gasteiger partial charge in [0.05, 0.1) is 19.8 Å². The Bertz CT molecular complexity index is 1240. The molecule has 7 nitrogen and oxygen atoms in total. The molecule has 6 rings (SSSR count). The molecule has 7 heteroatoms. The van der Waals surface area contributed by atoms with Crippen LogP contribution in [0.5, 0.6) is 23.0 Å². The summed E-state index contributed by atoms with van der Waals surface area (Å²) in [6, 6.07) is 5.68. The number of piperazine rings is 1. The standard InChI is InChI=1S/C31H40N2O5.2C2H6/c1-7-12-36-29-18(3)30-31(38-17-37-30)27-22(29)15-24-28-26-19(9-10-25(35-6)21(26)11-13-34-5)14-20(32(28)4)16-33(24)23(27)8-2;2*1-2/h7,9-10,20,23-24,28H,1,8,11-17H2,2-6H3;2*1-2H3/t20-,23-,24?,28-;;/m0../s1. The number of hydrogen-bond donors (Lipinski definition) is 0. The molecule has 0 aliphatic carbocycles. The normalized spacial score (nSPS) is 23.3.